The first-order valence-electron chi connectivity index (χ1n) is 9.83. The molecule has 1 aliphatic heterocycles. The number of hydrogen-bond acceptors (Lipinski definition) is 6. The molecule has 3 aromatic rings. The molecule has 156 valence electrons. The van der Waals surface area contributed by atoms with Crippen molar-refractivity contribution < 1.29 is 9.53 Å². The van der Waals surface area contributed by atoms with Crippen molar-refractivity contribution in [3.05, 3.63) is 58.3 Å². The Labute approximate surface area is 188 Å². The van der Waals surface area contributed by atoms with Gasteiger partial charge in [0.25, 0.3) is 0 Å². The number of ether oxygens (including phenoxy) is 1. The molecule has 1 N–H and O–H groups in total. The van der Waals surface area contributed by atoms with E-state index in [-0.39, 0.29) is 11.7 Å². The summed E-state index contributed by atoms with van der Waals surface area (Å²) in [5, 5.41) is 4.77. The van der Waals surface area contributed by atoms with Crippen LogP contribution in [0.2, 0.25) is 0 Å². The van der Waals surface area contributed by atoms with Crippen molar-refractivity contribution in [1.82, 2.24) is 14.9 Å². The number of benzene rings is 2. The molecule has 2 aromatic carbocycles. The minimum Gasteiger partial charge on any atom is -0.379 e. The molecular formula is C22H23BrN4O2S. The monoisotopic (exact) mass is 486 g/mol. The van der Waals surface area contributed by atoms with Crippen molar-refractivity contribution in [2.24, 2.45) is 0 Å². The lowest BCUT2D eigenvalue weighted by molar-refractivity contribution is -0.113. The highest BCUT2D eigenvalue weighted by Crippen LogP contribution is 2.26. The Hall–Kier alpha value is -2.00. The molecule has 30 heavy (non-hydrogen) atoms. The van der Waals surface area contributed by atoms with Crippen molar-refractivity contribution in [1.29, 1.82) is 0 Å². The summed E-state index contributed by atoms with van der Waals surface area (Å²) >= 11 is 4.93. The Morgan fingerprint density at radius 2 is 2.00 bits per heavy atom. The second kappa shape index (κ2) is 9.87. The first-order valence-corrected chi connectivity index (χ1v) is 11.6. The number of rotatable bonds is 6. The molecule has 0 radical (unpaired) electrons. The molecular weight excluding hydrogens is 464 g/mol. The predicted molar refractivity (Wildman–Crippen MR) is 124 cm³/mol. The average Bonchev–Trinajstić information content (AvgIpc) is 2.75. The molecule has 0 atom stereocenters. The second-order valence-electron chi connectivity index (χ2n) is 7.15. The number of anilines is 1. The number of carbonyl (C=O) groups is 1. The number of fused-ring (bicyclic) bond motifs is 1. The lowest BCUT2D eigenvalue weighted by Crippen LogP contribution is -2.36. The molecule has 1 fully saturated rings. The lowest BCUT2D eigenvalue weighted by atomic mass is 10.2. The Kier molecular flexibility index (Phi) is 6.99. The van der Waals surface area contributed by atoms with Crippen molar-refractivity contribution in [3.63, 3.8) is 0 Å². The Morgan fingerprint density at radius 3 is 2.80 bits per heavy atom. The maximum Gasteiger partial charge on any atom is 0.234 e. The topological polar surface area (TPSA) is 67.4 Å². The van der Waals surface area contributed by atoms with Gasteiger partial charge in [-0.1, -0.05) is 45.9 Å². The van der Waals surface area contributed by atoms with Crippen molar-refractivity contribution in [3.8, 4) is 0 Å². The van der Waals surface area contributed by atoms with E-state index in [0.717, 1.165) is 63.8 Å². The zero-order chi connectivity index (χ0) is 20.9. The van der Waals surface area contributed by atoms with E-state index in [1.807, 2.05) is 49.4 Å². The van der Waals surface area contributed by atoms with Gasteiger partial charge in [-0.3, -0.25) is 9.69 Å². The smallest absolute Gasteiger partial charge is 0.234 e. The summed E-state index contributed by atoms with van der Waals surface area (Å²) in [5.41, 5.74) is 2.78. The first kappa shape index (κ1) is 21.2. The molecule has 6 nitrogen and oxygen atoms in total. The Bertz CT molecular complexity index is 1060. The van der Waals surface area contributed by atoms with Crippen LogP contribution in [0.5, 0.6) is 0 Å². The third kappa shape index (κ3) is 5.37. The summed E-state index contributed by atoms with van der Waals surface area (Å²) in [6.45, 7) is 5.93. The van der Waals surface area contributed by atoms with Crippen molar-refractivity contribution in [2.75, 3.05) is 37.4 Å². The van der Waals surface area contributed by atoms with Crippen LogP contribution >= 0.6 is 27.7 Å². The molecule has 1 amide bonds. The fourth-order valence-corrected chi connectivity index (χ4v) is 4.37. The SMILES string of the molecule is Cc1cc(NC(=O)CSc2nc(CN3CCOCC3)nc3ccccc23)ccc1Br. The van der Waals surface area contributed by atoms with Gasteiger partial charge in [-0.15, -0.1) is 0 Å². The molecule has 0 aliphatic carbocycles. The molecule has 1 aliphatic rings. The van der Waals surface area contributed by atoms with Crippen LogP contribution in [-0.2, 0) is 16.1 Å². The van der Waals surface area contributed by atoms with E-state index in [2.05, 4.69) is 26.1 Å². The Balaban J connectivity index is 1.47. The van der Waals surface area contributed by atoms with Gasteiger partial charge in [-0.05, 0) is 36.8 Å². The quantitative estimate of drug-likeness (QED) is 0.414. The number of nitrogens with one attached hydrogen (secondary N) is 1. The minimum absolute atomic E-state index is 0.0563. The summed E-state index contributed by atoms with van der Waals surface area (Å²) < 4.78 is 6.45. The minimum atomic E-state index is -0.0563. The first-order chi connectivity index (χ1) is 14.6. The normalized spacial score (nSPS) is 14.7. The summed E-state index contributed by atoms with van der Waals surface area (Å²) in [6.07, 6.45) is 0. The zero-order valence-electron chi connectivity index (χ0n) is 16.7. The standard InChI is InChI=1S/C22H23BrN4O2S/c1-15-12-16(6-7-18(15)23)24-21(28)14-30-22-17-4-2-3-5-19(17)25-20(26-22)13-27-8-10-29-11-9-27/h2-7,12H,8-11,13-14H2,1H3,(H,24,28). The summed E-state index contributed by atoms with van der Waals surface area (Å²) in [7, 11) is 0. The van der Waals surface area contributed by atoms with Crippen LogP contribution in [-0.4, -0.2) is 52.8 Å². The van der Waals surface area contributed by atoms with Crippen LogP contribution in [0.25, 0.3) is 10.9 Å². The predicted octanol–water partition coefficient (Wildman–Crippen LogP) is 4.26. The molecule has 8 heteroatoms. The lowest BCUT2D eigenvalue weighted by Gasteiger charge is -2.25. The van der Waals surface area contributed by atoms with Crippen LogP contribution in [0.3, 0.4) is 0 Å². The maximum absolute atomic E-state index is 12.5. The number of hydrogen-bond donors (Lipinski definition) is 1. The zero-order valence-corrected chi connectivity index (χ0v) is 19.1. The van der Waals surface area contributed by atoms with Crippen LogP contribution in [0.4, 0.5) is 5.69 Å². The Morgan fingerprint density at radius 1 is 1.20 bits per heavy atom. The fourth-order valence-electron chi connectivity index (χ4n) is 3.29. The van der Waals surface area contributed by atoms with Gasteiger partial charge in [0, 0.05) is 28.6 Å². The number of aryl methyl sites for hydroxylation is 1. The molecule has 0 saturated carbocycles. The summed E-state index contributed by atoms with van der Waals surface area (Å²) in [5.74, 6) is 1.01. The van der Waals surface area contributed by atoms with Crippen LogP contribution < -0.4 is 5.32 Å². The molecule has 4 rings (SSSR count). The van der Waals surface area contributed by atoms with Crippen LogP contribution in [0.1, 0.15) is 11.4 Å². The number of thioether (sulfide) groups is 1. The van der Waals surface area contributed by atoms with Gasteiger partial charge in [0.1, 0.15) is 10.9 Å². The van der Waals surface area contributed by atoms with Crippen LogP contribution in [0.15, 0.2) is 52.0 Å². The molecule has 2 heterocycles. The number of nitrogens with zero attached hydrogens (tertiary/aromatic N) is 3. The average molecular weight is 487 g/mol. The van der Waals surface area contributed by atoms with Crippen molar-refractivity contribution in [2.45, 2.75) is 18.5 Å². The molecule has 0 bridgehead atoms. The highest BCUT2D eigenvalue weighted by molar-refractivity contribution is 9.10. The number of para-hydroxylation sites is 1. The molecule has 1 aromatic heterocycles. The van der Waals surface area contributed by atoms with Gasteiger partial charge in [-0.25, -0.2) is 9.97 Å². The van der Waals surface area contributed by atoms with E-state index in [9.17, 15) is 4.79 Å². The maximum atomic E-state index is 12.5. The van der Waals surface area contributed by atoms with Crippen molar-refractivity contribution >= 4 is 50.2 Å². The van der Waals surface area contributed by atoms with E-state index in [4.69, 9.17) is 14.7 Å². The van der Waals surface area contributed by atoms with Gasteiger partial charge in [0.2, 0.25) is 5.91 Å². The molecule has 0 unspecified atom stereocenters. The largest absolute Gasteiger partial charge is 0.379 e. The summed E-state index contributed by atoms with van der Waals surface area (Å²) in [6, 6.07) is 13.7. The molecule has 1 saturated heterocycles. The second-order valence-corrected chi connectivity index (χ2v) is 8.97. The number of morpholine rings is 1. The van der Waals surface area contributed by atoms with Gasteiger partial charge in [0.15, 0.2) is 0 Å². The van der Waals surface area contributed by atoms with E-state index in [0.29, 0.717) is 6.54 Å². The van der Waals surface area contributed by atoms with Gasteiger partial charge < -0.3 is 10.1 Å². The highest BCUT2D eigenvalue weighted by atomic mass is 79.9. The van der Waals surface area contributed by atoms with E-state index < -0.39 is 0 Å². The third-order valence-corrected chi connectivity index (χ3v) is 6.75. The number of carbonyl (C=O) groups excluding carboxylic acids is 1. The number of aromatic nitrogens is 2. The van der Waals surface area contributed by atoms with E-state index in [1.165, 1.54) is 11.8 Å². The number of halogens is 1. The molecule has 0 spiro atoms. The van der Waals surface area contributed by atoms with Gasteiger partial charge in [0.05, 0.1) is 31.0 Å². The van der Waals surface area contributed by atoms with Crippen LogP contribution in [0, 0.1) is 6.92 Å². The van der Waals surface area contributed by atoms with E-state index >= 15 is 0 Å². The van der Waals surface area contributed by atoms with Gasteiger partial charge in [-0.2, -0.15) is 0 Å². The third-order valence-electron chi connectivity index (χ3n) is 4.86. The highest BCUT2D eigenvalue weighted by Gasteiger charge is 2.15. The fraction of sp³-hybridized carbons (Fsp3) is 0.318. The van der Waals surface area contributed by atoms with Gasteiger partial charge >= 0.3 is 0 Å². The number of amides is 1. The van der Waals surface area contributed by atoms with E-state index in [1.54, 1.807) is 0 Å². The summed E-state index contributed by atoms with van der Waals surface area (Å²) in [4.78, 5) is 24.3.